The number of nitrogens with zero attached hydrogens (tertiary/aromatic N) is 1. The van der Waals surface area contributed by atoms with Gasteiger partial charge in [-0.05, 0) is 31.1 Å². The molecule has 2 unspecified atom stereocenters. The Morgan fingerprint density at radius 2 is 2.24 bits per heavy atom. The monoisotopic (exact) mass is 252 g/mol. The highest BCUT2D eigenvalue weighted by atomic mass is 32.1. The summed E-state index contributed by atoms with van der Waals surface area (Å²) in [6.45, 7) is 10.3. The van der Waals surface area contributed by atoms with E-state index in [-0.39, 0.29) is 0 Å². The van der Waals surface area contributed by atoms with E-state index in [1.165, 1.54) is 23.5 Å². The van der Waals surface area contributed by atoms with E-state index in [2.05, 4.69) is 43.4 Å². The van der Waals surface area contributed by atoms with Crippen LogP contribution in [0, 0.1) is 18.3 Å². The Balaban J connectivity index is 1.76. The normalized spacial score (nSPS) is 27.5. The Hall–Kier alpha value is -0.410. The number of rotatable bonds is 4. The van der Waals surface area contributed by atoms with Crippen molar-refractivity contribution in [2.24, 2.45) is 11.3 Å². The molecule has 0 aromatic carbocycles. The molecular formula is C14H24N2S. The summed E-state index contributed by atoms with van der Waals surface area (Å²) in [6.07, 6.45) is 3.72. The third kappa shape index (κ3) is 3.52. The minimum absolute atomic E-state index is 0.522. The van der Waals surface area contributed by atoms with Crippen LogP contribution in [0.1, 0.15) is 44.3 Å². The van der Waals surface area contributed by atoms with E-state index in [1.54, 1.807) is 11.3 Å². The van der Waals surface area contributed by atoms with Crippen LogP contribution in [-0.2, 0) is 6.42 Å². The molecular weight excluding hydrogens is 228 g/mol. The maximum Gasteiger partial charge on any atom is 0.0897 e. The van der Waals surface area contributed by atoms with Gasteiger partial charge in [-0.2, -0.15) is 0 Å². The topological polar surface area (TPSA) is 24.9 Å². The van der Waals surface area contributed by atoms with Crippen molar-refractivity contribution in [1.29, 1.82) is 0 Å². The van der Waals surface area contributed by atoms with Crippen molar-refractivity contribution in [3.05, 3.63) is 16.1 Å². The van der Waals surface area contributed by atoms with E-state index < -0.39 is 0 Å². The van der Waals surface area contributed by atoms with Crippen molar-refractivity contribution in [3.8, 4) is 0 Å². The van der Waals surface area contributed by atoms with Crippen molar-refractivity contribution >= 4 is 11.3 Å². The lowest BCUT2D eigenvalue weighted by Gasteiger charge is -2.18. The summed E-state index contributed by atoms with van der Waals surface area (Å²) in [5.41, 5.74) is 1.76. The zero-order chi connectivity index (χ0) is 12.5. The van der Waals surface area contributed by atoms with Gasteiger partial charge >= 0.3 is 0 Å². The molecule has 3 heteroatoms. The first kappa shape index (κ1) is 13.0. The van der Waals surface area contributed by atoms with E-state index in [9.17, 15) is 0 Å². The lowest BCUT2D eigenvalue weighted by Crippen LogP contribution is -2.33. The summed E-state index contributed by atoms with van der Waals surface area (Å²) in [5.74, 6) is 0.808. The molecule has 1 aliphatic rings. The number of nitrogens with one attached hydrogen (secondary N) is 1. The van der Waals surface area contributed by atoms with Gasteiger partial charge in [0, 0.05) is 24.4 Å². The van der Waals surface area contributed by atoms with Crippen LogP contribution in [0.2, 0.25) is 0 Å². The van der Waals surface area contributed by atoms with Gasteiger partial charge in [-0.3, -0.25) is 0 Å². The molecule has 2 rings (SSSR count). The fraction of sp³-hybridized carbons (Fsp3) is 0.786. The molecule has 2 nitrogen and oxygen atoms in total. The van der Waals surface area contributed by atoms with Gasteiger partial charge in [0.1, 0.15) is 0 Å². The minimum Gasteiger partial charge on any atom is -0.313 e. The van der Waals surface area contributed by atoms with Crippen molar-refractivity contribution in [1.82, 2.24) is 10.3 Å². The molecule has 1 heterocycles. The largest absolute Gasteiger partial charge is 0.313 e. The Bertz CT molecular complexity index is 370. The van der Waals surface area contributed by atoms with E-state index in [0.29, 0.717) is 11.5 Å². The van der Waals surface area contributed by atoms with Crippen LogP contribution in [0.15, 0.2) is 5.38 Å². The van der Waals surface area contributed by atoms with Gasteiger partial charge in [-0.1, -0.05) is 20.8 Å². The molecule has 2 atom stereocenters. The first-order valence-corrected chi connectivity index (χ1v) is 7.49. The highest BCUT2D eigenvalue weighted by molar-refractivity contribution is 7.09. The number of hydrogen-bond donors (Lipinski definition) is 1. The van der Waals surface area contributed by atoms with Crippen LogP contribution >= 0.6 is 11.3 Å². The molecule has 0 spiro atoms. The van der Waals surface area contributed by atoms with E-state index in [0.717, 1.165) is 18.9 Å². The molecule has 1 aliphatic carbocycles. The molecule has 17 heavy (non-hydrogen) atoms. The van der Waals surface area contributed by atoms with Crippen LogP contribution in [0.5, 0.6) is 0 Å². The summed E-state index contributed by atoms with van der Waals surface area (Å²) in [4.78, 5) is 4.50. The zero-order valence-corrected chi connectivity index (χ0v) is 12.2. The maximum absolute atomic E-state index is 4.50. The zero-order valence-electron chi connectivity index (χ0n) is 11.4. The average molecular weight is 252 g/mol. The quantitative estimate of drug-likeness (QED) is 0.888. The molecule has 1 fully saturated rings. The Labute approximate surface area is 109 Å². The maximum atomic E-state index is 4.50. The van der Waals surface area contributed by atoms with Crippen LogP contribution in [0.25, 0.3) is 0 Å². The SMILES string of the molecule is Cc1nc(CCNC2CC(C)(C)CC2C)cs1. The predicted molar refractivity (Wildman–Crippen MR) is 74.5 cm³/mol. The Kier molecular flexibility index (Phi) is 3.88. The summed E-state index contributed by atoms with van der Waals surface area (Å²) < 4.78 is 0. The van der Waals surface area contributed by atoms with Crippen LogP contribution < -0.4 is 5.32 Å². The minimum atomic E-state index is 0.522. The summed E-state index contributed by atoms with van der Waals surface area (Å²) in [6, 6.07) is 0.699. The van der Waals surface area contributed by atoms with Crippen LogP contribution in [0.3, 0.4) is 0 Å². The Morgan fingerprint density at radius 3 is 2.76 bits per heavy atom. The van der Waals surface area contributed by atoms with Crippen molar-refractivity contribution in [2.75, 3.05) is 6.54 Å². The second-order valence-electron chi connectivity index (χ2n) is 6.22. The highest BCUT2D eigenvalue weighted by Crippen LogP contribution is 2.40. The number of aromatic nitrogens is 1. The van der Waals surface area contributed by atoms with Gasteiger partial charge in [-0.25, -0.2) is 4.98 Å². The van der Waals surface area contributed by atoms with Gasteiger partial charge in [-0.15, -0.1) is 11.3 Å². The summed E-state index contributed by atoms with van der Waals surface area (Å²) in [5, 5.41) is 7.07. The van der Waals surface area contributed by atoms with Gasteiger partial charge < -0.3 is 5.32 Å². The molecule has 0 aliphatic heterocycles. The number of hydrogen-bond acceptors (Lipinski definition) is 3. The molecule has 0 radical (unpaired) electrons. The lowest BCUT2D eigenvalue weighted by atomic mass is 9.91. The van der Waals surface area contributed by atoms with Gasteiger partial charge in [0.25, 0.3) is 0 Å². The average Bonchev–Trinajstić information content (AvgIpc) is 2.71. The van der Waals surface area contributed by atoms with E-state index in [1.807, 2.05) is 0 Å². The first-order chi connectivity index (χ1) is 7.96. The fourth-order valence-electron chi connectivity index (χ4n) is 3.08. The summed E-state index contributed by atoms with van der Waals surface area (Å²) in [7, 11) is 0. The summed E-state index contributed by atoms with van der Waals surface area (Å²) >= 11 is 1.75. The van der Waals surface area contributed by atoms with Crippen molar-refractivity contribution in [2.45, 2.75) is 53.0 Å². The molecule has 0 bridgehead atoms. The van der Waals surface area contributed by atoms with Crippen LogP contribution in [-0.4, -0.2) is 17.6 Å². The third-order valence-electron chi connectivity index (χ3n) is 3.79. The molecule has 0 amide bonds. The molecule has 96 valence electrons. The smallest absolute Gasteiger partial charge is 0.0897 e. The molecule has 1 aromatic rings. The number of aryl methyl sites for hydroxylation is 1. The number of thiazole rings is 1. The van der Waals surface area contributed by atoms with Crippen molar-refractivity contribution < 1.29 is 0 Å². The predicted octanol–water partition coefficient (Wildman–Crippen LogP) is 3.41. The second kappa shape index (κ2) is 5.07. The standard InChI is InChI=1S/C14H24N2S/c1-10-7-14(3,4)8-13(10)15-6-5-12-9-17-11(2)16-12/h9-10,13,15H,5-8H2,1-4H3. The van der Waals surface area contributed by atoms with Gasteiger partial charge in [0.15, 0.2) is 0 Å². The van der Waals surface area contributed by atoms with Gasteiger partial charge in [0.05, 0.1) is 10.7 Å². The lowest BCUT2D eigenvalue weighted by molar-refractivity contribution is 0.362. The van der Waals surface area contributed by atoms with Gasteiger partial charge in [0.2, 0.25) is 0 Å². The van der Waals surface area contributed by atoms with E-state index in [4.69, 9.17) is 0 Å². The second-order valence-corrected chi connectivity index (χ2v) is 7.28. The Morgan fingerprint density at radius 1 is 1.47 bits per heavy atom. The molecule has 1 saturated carbocycles. The highest BCUT2D eigenvalue weighted by Gasteiger charge is 2.35. The third-order valence-corrected chi connectivity index (χ3v) is 4.61. The first-order valence-electron chi connectivity index (χ1n) is 6.61. The molecule has 1 aromatic heterocycles. The molecule has 1 N–H and O–H groups in total. The molecule has 0 saturated heterocycles. The van der Waals surface area contributed by atoms with Crippen LogP contribution in [0.4, 0.5) is 0 Å². The van der Waals surface area contributed by atoms with E-state index >= 15 is 0 Å². The van der Waals surface area contributed by atoms with Crippen molar-refractivity contribution in [3.63, 3.8) is 0 Å². The fourth-order valence-corrected chi connectivity index (χ4v) is 3.72.